The number of rotatable bonds is 2. The summed E-state index contributed by atoms with van der Waals surface area (Å²) in [5, 5.41) is 0. The summed E-state index contributed by atoms with van der Waals surface area (Å²) in [6.07, 6.45) is 1.73. The predicted molar refractivity (Wildman–Crippen MR) is 84.1 cm³/mol. The zero-order valence-electron chi connectivity index (χ0n) is 11.5. The highest BCUT2D eigenvalue weighted by atomic mass is 15.1. The molecule has 0 unspecified atom stereocenters. The minimum Gasteiger partial charge on any atom is -0.326 e. The van der Waals surface area contributed by atoms with Crippen molar-refractivity contribution in [2.24, 2.45) is 12.0 Å². The van der Waals surface area contributed by atoms with E-state index in [9.17, 15) is 0 Å². The van der Waals surface area contributed by atoms with E-state index < -0.39 is 0 Å². The lowest BCUT2D eigenvalue weighted by molar-refractivity contribution is 0.934. The van der Waals surface area contributed by atoms with E-state index >= 15 is 0 Å². The van der Waals surface area contributed by atoms with E-state index in [0.717, 1.165) is 27.9 Å². The van der Waals surface area contributed by atoms with Crippen molar-refractivity contribution >= 4 is 34.2 Å². The molecule has 1 N–H and O–H groups in total. The molecule has 0 bridgehead atoms. The van der Waals surface area contributed by atoms with Crippen LogP contribution >= 0.6 is 0 Å². The zero-order chi connectivity index (χ0) is 14.2. The number of hydrogen-bond acceptors (Lipinski definition) is 3. The van der Waals surface area contributed by atoms with Gasteiger partial charge in [-0.25, -0.2) is 15.0 Å². The lowest BCUT2D eigenvalue weighted by Gasteiger charge is -1.95. The fraction of sp³-hybridized carbons (Fsp3) is 0.0625. The molecule has 2 aromatic heterocycles. The molecule has 5 nitrogen and oxygen atoms in total. The number of aromatic amines is 1. The number of aryl methyl sites for hydroxylation is 1. The third-order valence-electron chi connectivity index (χ3n) is 3.50. The Balaban J connectivity index is 1.74. The van der Waals surface area contributed by atoms with Crippen LogP contribution < -0.4 is 0 Å². The van der Waals surface area contributed by atoms with Crippen molar-refractivity contribution in [2.75, 3.05) is 0 Å². The normalized spacial score (nSPS) is 11.9. The maximum atomic E-state index is 4.55. The highest BCUT2D eigenvalue weighted by Crippen LogP contribution is 2.16. The highest BCUT2D eigenvalue weighted by molar-refractivity contribution is 5.86. The Hall–Kier alpha value is -2.95. The molecule has 0 saturated carbocycles. The topological polar surface area (TPSA) is 58.9 Å². The van der Waals surface area contributed by atoms with Crippen LogP contribution in [0.3, 0.4) is 0 Å². The van der Waals surface area contributed by atoms with E-state index in [1.165, 1.54) is 0 Å². The fourth-order valence-electron chi connectivity index (χ4n) is 2.40. The summed E-state index contributed by atoms with van der Waals surface area (Å²) >= 11 is 0. The average Bonchev–Trinajstić information content (AvgIpc) is 3.07. The molecule has 0 aliphatic rings. The third-order valence-corrected chi connectivity index (χ3v) is 3.50. The largest absolute Gasteiger partial charge is 0.326 e. The molecule has 4 rings (SSSR count). The van der Waals surface area contributed by atoms with Gasteiger partial charge in [-0.05, 0) is 24.3 Å². The quantitative estimate of drug-likeness (QED) is 0.571. The summed E-state index contributed by atoms with van der Waals surface area (Å²) in [7, 11) is 1.98. The summed E-state index contributed by atoms with van der Waals surface area (Å²) in [4.78, 5) is 16.5. The molecular weight excluding hydrogens is 262 g/mol. The van der Waals surface area contributed by atoms with Crippen LogP contribution in [-0.2, 0) is 7.05 Å². The van der Waals surface area contributed by atoms with Crippen LogP contribution in [0.2, 0.25) is 0 Å². The molecule has 0 radical (unpaired) electrons. The molecule has 0 aliphatic carbocycles. The number of hydrogen-bond donors (Lipinski definition) is 1. The number of H-pyrrole nitrogens is 1. The van der Waals surface area contributed by atoms with Crippen LogP contribution in [0.25, 0.3) is 22.1 Å². The Bertz CT molecular complexity index is 928. The number of fused-ring (bicyclic) bond motifs is 2. The van der Waals surface area contributed by atoms with Crippen LogP contribution in [-0.4, -0.2) is 25.7 Å². The first-order valence-corrected chi connectivity index (χ1v) is 6.71. The SMILES string of the molecule is Cn1c(/C=N/c2nc3ccccc3[nH]2)nc2ccccc21. The Kier molecular flexibility index (Phi) is 2.57. The van der Waals surface area contributed by atoms with Gasteiger partial charge >= 0.3 is 0 Å². The van der Waals surface area contributed by atoms with Gasteiger partial charge in [0.25, 0.3) is 0 Å². The minimum atomic E-state index is 0.586. The molecule has 4 aromatic rings. The standard InChI is InChI=1S/C16H13N5/c1-21-14-9-5-4-8-13(14)18-15(21)10-17-16-19-11-6-2-3-7-12(11)20-16/h2-10H,1H3,(H,19,20)/b17-10+. The minimum absolute atomic E-state index is 0.586. The first-order valence-electron chi connectivity index (χ1n) is 6.71. The Morgan fingerprint density at radius 1 is 1.00 bits per heavy atom. The molecule has 21 heavy (non-hydrogen) atoms. The fourth-order valence-corrected chi connectivity index (χ4v) is 2.40. The average molecular weight is 275 g/mol. The number of aliphatic imine (C=N–C) groups is 1. The van der Waals surface area contributed by atoms with Gasteiger partial charge in [0.05, 0.1) is 28.3 Å². The molecule has 0 atom stereocenters. The first-order chi connectivity index (χ1) is 10.3. The third kappa shape index (κ3) is 1.99. The Morgan fingerprint density at radius 3 is 2.57 bits per heavy atom. The second kappa shape index (κ2) is 4.56. The van der Waals surface area contributed by atoms with Crippen LogP contribution in [0.5, 0.6) is 0 Å². The second-order valence-corrected chi connectivity index (χ2v) is 4.85. The van der Waals surface area contributed by atoms with Gasteiger partial charge in [-0.2, -0.15) is 0 Å². The van der Waals surface area contributed by atoms with Gasteiger partial charge in [-0.1, -0.05) is 24.3 Å². The number of nitrogens with one attached hydrogen (secondary N) is 1. The number of para-hydroxylation sites is 4. The molecule has 0 spiro atoms. The smallest absolute Gasteiger partial charge is 0.227 e. The van der Waals surface area contributed by atoms with Crippen LogP contribution in [0.1, 0.15) is 5.82 Å². The van der Waals surface area contributed by atoms with Crippen molar-refractivity contribution in [1.29, 1.82) is 0 Å². The number of nitrogens with zero attached hydrogens (tertiary/aromatic N) is 4. The summed E-state index contributed by atoms with van der Waals surface area (Å²) in [6, 6.07) is 15.9. The van der Waals surface area contributed by atoms with Crippen LogP contribution in [0.4, 0.5) is 5.95 Å². The van der Waals surface area contributed by atoms with Gasteiger partial charge in [0.1, 0.15) is 0 Å². The number of imidazole rings is 2. The molecule has 2 heterocycles. The summed E-state index contributed by atoms with van der Waals surface area (Å²) < 4.78 is 2.02. The summed E-state index contributed by atoms with van der Waals surface area (Å²) in [6.45, 7) is 0. The molecule has 102 valence electrons. The van der Waals surface area contributed by atoms with Crippen LogP contribution in [0.15, 0.2) is 53.5 Å². The number of benzene rings is 2. The van der Waals surface area contributed by atoms with Gasteiger partial charge in [0, 0.05) is 7.05 Å². The lowest BCUT2D eigenvalue weighted by atomic mass is 10.3. The van der Waals surface area contributed by atoms with Crippen molar-refractivity contribution < 1.29 is 0 Å². The molecule has 2 aromatic carbocycles. The highest BCUT2D eigenvalue weighted by Gasteiger charge is 2.05. The van der Waals surface area contributed by atoms with E-state index in [1.807, 2.05) is 60.1 Å². The van der Waals surface area contributed by atoms with E-state index in [4.69, 9.17) is 0 Å². The van der Waals surface area contributed by atoms with E-state index in [2.05, 4.69) is 19.9 Å². The molecule has 0 aliphatic heterocycles. The Labute approximate surface area is 121 Å². The molecule has 5 heteroatoms. The Morgan fingerprint density at radius 2 is 1.76 bits per heavy atom. The first kappa shape index (κ1) is 11.8. The van der Waals surface area contributed by atoms with Gasteiger partial charge in [-0.3, -0.25) is 0 Å². The van der Waals surface area contributed by atoms with Crippen molar-refractivity contribution in [1.82, 2.24) is 19.5 Å². The molecule has 0 amide bonds. The van der Waals surface area contributed by atoms with Gasteiger partial charge in [0.2, 0.25) is 5.95 Å². The van der Waals surface area contributed by atoms with E-state index in [-0.39, 0.29) is 0 Å². The van der Waals surface area contributed by atoms with Crippen molar-refractivity contribution in [3.63, 3.8) is 0 Å². The second-order valence-electron chi connectivity index (χ2n) is 4.85. The zero-order valence-corrected chi connectivity index (χ0v) is 11.5. The van der Waals surface area contributed by atoms with Crippen molar-refractivity contribution in [3.05, 3.63) is 54.4 Å². The van der Waals surface area contributed by atoms with Gasteiger partial charge in [0.15, 0.2) is 5.82 Å². The van der Waals surface area contributed by atoms with Crippen molar-refractivity contribution in [3.8, 4) is 0 Å². The maximum Gasteiger partial charge on any atom is 0.227 e. The van der Waals surface area contributed by atoms with Gasteiger partial charge < -0.3 is 9.55 Å². The van der Waals surface area contributed by atoms with E-state index in [0.29, 0.717) is 5.95 Å². The molecular formula is C16H13N5. The lowest BCUT2D eigenvalue weighted by Crippen LogP contribution is -1.95. The molecule has 0 fully saturated rings. The monoisotopic (exact) mass is 275 g/mol. The number of aromatic nitrogens is 4. The summed E-state index contributed by atoms with van der Waals surface area (Å²) in [5.74, 6) is 1.39. The van der Waals surface area contributed by atoms with E-state index in [1.54, 1.807) is 6.21 Å². The predicted octanol–water partition coefficient (Wildman–Crippen LogP) is 3.20. The van der Waals surface area contributed by atoms with Crippen LogP contribution in [0, 0.1) is 0 Å². The van der Waals surface area contributed by atoms with Gasteiger partial charge in [-0.15, -0.1) is 0 Å². The maximum absolute atomic E-state index is 4.55. The summed E-state index contributed by atoms with van der Waals surface area (Å²) in [5.41, 5.74) is 3.94. The molecule has 0 saturated heterocycles. The van der Waals surface area contributed by atoms with Crippen molar-refractivity contribution in [2.45, 2.75) is 0 Å².